The van der Waals surface area contributed by atoms with E-state index in [9.17, 15) is 13.5 Å². The van der Waals surface area contributed by atoms with E-state index in [2.05, 4.69) is 4.72 Å². The molecule has 0 fully saturated rings. The number of rotatable bonds is 5. The number of aliphatic hydroxyl groups excluding tert-OH is 1. The molecule has 106 valence electrons. The van der Waals surface area contributed by atoms with Crippen LogP contribution >= 0.6 is 0 Å². The second-order valence-electron chi connectivity index (χ2n) is 4.77. The van der Waals surface area contributed by atoms with Gasteiger partial charge >= 0.3 is 0 Å². The van der Waals surface area contributed by atoms with Crippen LogP contribution < -0.4 is 4.72 Å². The number of hydrogen-bond donors (Lipinski definition) is 2. The van der Waals surface area contributed by atoms with Gasteiger partial charge in [0.25, 0.3) is 0 Å². The molecule has 20 heavy (non-hydrogen) atoms. The molecule has 2 rings (SSSR count). The number of hydrogen-bond acceptors (Lipinski definition) is 3. The summed E-state index contributed by atoms with van der Waals surface area (Å²) in [6, 6.07) is 17.1. The lowest BCUT2D eigenvalue weighted by atomic mass is 9.94. The Labute approximate surface area is 119 Å². The molecule has 4 nitrogen and oxygen atoms in total. The third-order valence-electron chi connectivity index (χ3n) is 3.14. The predicted octanol–water partition coefficient (Wildman–Crippen LogP) is 1.87. The van der Waals surface area contributed by atoms with Crippen molar-refractivity contribution in [2.24, 2.45) is 0 Å². The largest absolute Gasteiger partial charge is 0.394 e. The molecule has 0 heterocycles. The standard InChI is InChI=1S/C15H17NO3S/c1-15(12-17,13-8-4-2-5-9-13)16-20(18,19)14-10-6-3-7-11-14/h2-11,16-17H,12H2,1H3. The minimum atomic E-state index is -3.69. The van der Waals surface area contributed by atoms with E-state index in [-0.39, 0.29) is 11.5 Å². The molecule has 0 aliphatic heterocycles. The summed E-state index contributed by atoms with van der Waals surface area (Å²) in [5.41, 5.74) is -0.349. The van der Waals surface area contributed by atoms with Crippen molar-refractivity contribution in [3.63, 3.8) is 0 Å². The Bertz CT molecular complexity index is 656. The highest BCUT2D eigenvalue weighted by molar-refractivity contribution is 7.89. The maximum Gasteiger partial charge on any atom is 0.241 e. The smallest absolute Gasteiger partial charge is 0.241 e. The van der Waals surface area contributed by atoms with Crippen molar-refractivity contribution >= 4 is 10.0 Å². The van der Waals surface area contributed by atoms with Crippen LogP contribution in [0.2, 0.25) is 0 Å². The molecule has 0 bridgehead atoms. The summed E-state index contributed by atoms with van der Waals surface area (Å²) in [5, 5.41) is 9.62. The Balaban J connectivity index is 2.36. The van der Waals surface area contributed by atoms with E-state index < -0.39 is 15.6 Å². The number of aliphatic hydroxyl groups is 1. The molecule has 0 saturated carbocycles. The van der Waals surface area contributed by atoms with E-state index in [0.717, 1.165) is 0 Å². The minimum absolute atomic E-state index is 0.176. The van der Waals surface area contributed by atoms with Gasteiger partial charge in [0.1, 0.15) is 0 Å². The van der Waals surface area contributed by atoms with Gasteiger partial charge in [0.15, 0.2) is 0 Å². The van der Waals surface area contributed by atoms with Gasteiger partial charge < -0.3 is 5.11 Å². The van der Waals surface area contributed by atoms with E-state index >= 15 is 0 Å². The Morgan fingerprint density at radius 1 is 1.00 bits per heavy atom. The van der Waals surface area contributed by atoms with Gasteiger partial charge in [0.05, 0.1) is 17.0 Å². The highest BCUT2D eigenvalue weighted by Gasteiger charge is 2.31. The molecule has 1 unspecified atom stereocenters. The Hall–Kier alpha value is -1.69. The fraction of sp³-hybridized carbons (Fsp3) is 0.200. The summed E-state index contributed by atoms with van der Waals surface area (Å²) in [6.07, 6.45) is 0. The lowest BCUT2D eigenvalue weighted by Crippen LogP contribution is -2.46. The average Bonchev–Trinajstić information content (AvgIpc) is 2.48. The van der Waals surface area contributed by atoms with E-state index in [4.69, 9.17) is 0 Å². The molecule has 2 N–H and O–H groups in total. The molecule has 0 aromatic heterocycles. The lowest BCUT2D eigenvalue weighted by molar-refractivity contribution is 0.196. The molecular formula is C15H17NO3S. The van der Waals surface area contributed by atoms with E-state index in [1.807, 2.05) is 6.07 Å². The van der Waals surface area contributed by atoms with Crippen molar-refractivity contribution in [3.8, 4) is 0 Å². The molecule has 1 atom stereocenters. The molecule has 0 spiro atoms. The molecule has 0 saturated heterocycles. The first kappa shape index (κ1) is 14.7. The Morgan fingerprint density at radius 2 is 1.50 bits per heavy atom. The first-order valence-corrected chi connectivity index (χ1v) is 7.72. The highest BCUT2D eigenvalue weighted by Crippen LogP contribution is 2.23. The van der Waals surface area contributed by atoms with Crippen LogP contribution in [-0.4, -0.2) is 20.1 Å². The highest BCUT2D eigenvalue weighted by atomic mass is 32.2. The van der Waals surface area contributed by atoms with Crippen molar-refractivity contribution in [1.82, 2.24) is 4.72 Å². The fourth-order valence-corrected chi connectivity index (χ4v) is 3.35. The van der Waals surface area contributed by atoms with Gasteiger partial charge in [0, 0.05) is 0 Å². The molecule has 5 heteroatoms. The first-order chi connectivity index (χ1) is 9.48. The van der Waals surface area contributed by atoms with Gasteiger partial charge in [-0.05, 0) is 24.6 Å². The van der Waals surface area contributed by atoms with Crippen LogP contribution in [0.25, 0.3) is 0 Å². The summed E-state index contributed by atoms with van der Waals surface area (Å²) in [4.78, 5) is 0.176. The normalized spacial score (nSPS) is 14.7. The van der Waals surface area contributed by atoms with Crippen LogP contribution in [-0.2, 0) is 15.6 Å². The van der Waals surface area contributed by atoms with Gasteiger partial charge in [0.2, 0.25) is 10.0 Å². The molecule has 2 aromatic carbocycles. The summed E-state index contributed by atoms with van der Waals surface area (Å²) < 4.78 is 27.3. The zero-order chi connectivity index (χ0) is 14.6. The monoisotopic (exact) mass is 291 g/mol. The third-order valence-corrected chi connectivity index (χ3v) is 4.75. The van der Waals surface area contributed by atoms with Crippen LogP contribution in [0.1, 0.15) is 12.5 Å². The summed E-state index contributed by atoms with van der Waals surface area (Å²) in [7, 11) is -3.69. The zero-order valence-electron chi connectivity index (χ0n) is 11.2. The molecule has 0 aliphatic rings. The Kier molecular flexibility index (Phi) is 4.23. The van der Waals surface area contributed by atoms with Crippen LogP contribution in [0.3, 0.4) is 0 Å². The van der Waals surface area contributed by atoms with Crippen LogP contribution in [0.4, 0.5) is 0 Å². The van der Waals surface area contributed by atoms with E-state index in [1.165, 1.54) is 12.1 Å². The molecule has 0 radical (unpaired) electrons. The summed E-state index contributed by atoms with van der Waals surface area (Å²) >= 11 is 0. The maximum atomic E-state index is 12.4. The van der Waals surface area contributed by atoms with Crippen molar-refractivity contribution in [3.05, 3.63) is 66.2 Å². The van der Waals surface area contributed by atoms with Gasteiger partial charge in [-0.15, -0.1) is 0 Å². The second-order valence-corrected chi connectivity index (χ2v) is 6.46. The minimum Gasteiger partial charge on any atom is -0.394 e. The van der Waals surface area contributed by atoms with Gasteiger partial charge in [-0.25, -0.2) is 8.42 Å². The Morgan fingerprint density at radius 3 is 2.00 bits per heavy atom. The number of nitrogens with one attached hydrogen (secondary N) is 1. The fourth-order valence-electron chi connectivity index (χ4n) is 1.94. The molecule has 0 amide bonds. The van der Waals surface area contributed by atoms with Crippen LogP contribution in [0, 0.1) is 0 Å². The van der Waals surface area contributed by atoms with Crippen molar-refractivity contribution in [2.45, 2.75) is 17.4 Å². The van der Waals surface area contributed by atoms with Gasteiger partial charge in [-0.1, -0.05) is 48.5 Å². The summed E-state index contributed by atoms with van der Waals surface area (Å²) in [6.45, 7) is 1.33. The third kappa shape index (κ3) is 3.07. The topological polar surface area (TPSA) is 66.4 Å². The van der Waals surface area contributed by atoms with E-state index in [0.29, 0.717) is 5.56 Å². The van der Waals surface area contributed by atoms with E-state index in [1.54, 1.807) is 49.4 Å². The predicted molar refractivity (Wildman–Crippen MR) is 77.6 cm³/mol. The van der Waals surface area contributed by atoms with Crippen molar-refractivity contribution in [1.29, 1.82) is 0 Å². The quantitative estimate of drug-likeness (QED) is 0.884. The SMILES string of the molecule is CC(CO)(NS(=O)(=O)c1ccccc1)c1ccccc1. The van der Waals surface area contributed by atoms with Gasteiger partial charge in [-0.3, -0.25) is 0 Å². The zero-order valence-corrected chi connectivity index (χ0v) is 12.0. The number of sulfonamides is 1. The van der Waals surface area contributed by atoms with Crippen LogP contribution in [0.5, 0.6) is 0 Å². The lowest BCUT2D eigenvalue weighted by Gasteiger charge is -2.29. The molecular weight excluding hydrogens is 274 g/mol. The second kappa shape index (κ2) is 5.75. The molecule has 2 aromatic rings. The molecule has 0 aliphatic carbocycles. The number of benzene rings is 2. The summed E-state index contributed by atoms with van der Waals surface area (Å²) in [5.74, 6) is 0. The average molecular weight is 291 g/mol. The van der Waals surface area contributed by atoms with Crippen molar-refractivity contribution < 1.29 is 13.5 Å². The van der Waals surface area contributed by atoms with Crippen LogP contribution in [0.15, 0.2) is 65.6 Å². The van der Waals surface area contributed by atoms with Gasteiger partial charge in [-0.2, -0.15) is 4.72 Å². The maximum absolute atomic E-state index is 12.4. The first-order valence-electron chi connectivity index (χ1n) is 6.23. The van der Waals surface area contributed by atoms with Crippen molar-refractivity contribution in [2.75, 3.05) is 6.61 Å².